The largest absolute Gasteiger partial charge is 0.334 e. The maximum Gasteiger partial charge on any atom is 0.289 e. The Morgan fingerprint density at radius 1 is 1.20 bits per heavy atom. The molecule has 5 nitrogen and oxygen atoms in total. The van der Waals surface area contributed by atoms with Crippen molar-refractivity contribution in [2.75, 3.05) is 33.2 Å². The molecule has 1 aliphatic rings. The second kappa shape index (κ2) is 4.82. The average Bonchev–Trinajstić information content (AvgIpc) is 2.82. The summed E-state index contributed by atoms with van der Waals surface area (Å²) < 4.78 is 26.3. The summed E-state index contributed by atoms with van der Waals surface area (Å²) in [6.07, 6.45) is 0. The van der Waals surface area contributed by atoms with E-state index in [0.717, 1.165) is 25.2 Å². The Kier molecular flexibility index (Phi) is 3.13. The smallest absolute Gasteiger partial charge is 0.289 e. The number of amides is 1. The van der Waals surface area contributed by atoms with E-state index in [1.807, 2.05) is 7.05 Å². The number of fused-ring (bicyclic) bond motifs is 1. The third-order valence-corrected chi connectivity index (χ3v) is 3.52. The Labute approximate surface area is 114 Å². The zero-order chi connectivity index (χ0) is 14.3. The van der Waals surface area contributed by atoms with Crippen LogP contribution in [0.5, 0.6) is 0 Å². The number of carbonyl (C=O) groups is 1. The number of hydrogen-bond donors (Lipinski definition) is 1. The van der Waals surface area contributed by atoms with E-state index in [1.54, 1.807) is 4.90 Å². The van der Waals surface area contributed by atoms with E-state index in [0.29, 0.717) is 18.6 Å². The van der Waals surface area contributed by atoms with Crippen LogP contribution in [0.4, 0.5) is 8.78 Å². The topological polar surface area (TPSA) is 52.2 Å². The van der Waals surface area contributed by atoms with Gasteiger partial charge in [-0.05, 0) is 7.05 Å². The molecule has 1 aromatic carbocycles. The van der Waals surface area contributed by atoms with Crippen molar-refractivity contribution >= 4 is 16.9 Å². The van der Waals surface area contributed by atoms with E-state index in [9.17, 15) is 13.6 Å². The molecule has 7 heteroatoms. The first-order valence-electron chi connectivity index (χ1n) is 6.37. The minimum Gasteiger partial charge on any atom is -0.334 e. The van der Waals surface area contributed by atoms with Crippen LogP contribution in [0.2, 0.25) is 0 Å². The van der Waals surface area contributed by atoms with Crippen molar-refractivity contribution in [3.8, 4) is 0 Å². The molecule has 1 amide bonds. The quantitative estimate of drug-likeness (QED) is 0.855. The Morgan fingerprint density at radius 3 is 2.55 bits per heavy atom. The van der Waals surface area contributed by atoms with Gasteiger partial charge in [0.25, 0.3) is 5.91 Å². The average molecular weight is 280 g/mol. The molecule has 0 unspecified atom stereocenters. The van der Waals surface area contributed by atoms with Gasteiger partial charge in [-0.1, -0.05) is 0 Å². The van der Waals surface area contributed by atoms with Gasteiger partial charge in [0, 0.05) is 38.3 Å². The van der Waals surface area contributed by atoms with Crippen molar-refractivity contribution in [2.24, 2.45) is 0 Å². The summed E-state index contributed by atoms with van der Waals surface area (Å²) in [5.41, 5.74) is 0.572. The van der Waals surface area contributed by atoms with Gasteiger partial charge in [0.05, 0.1) is 11.0 Å². The van der Waals surface area contributed by atoms with Gasteiger partial charge in [0.2, 0.25) is 0 Å². The number of nitrogens with one attached hydrogen (secondary N) is 1. The van der Waals surface area contributed by atoms with Crippen LogP contribution in [0.3, 0.4) is 0 Å². The van der Waals surface area contributed by atoms with Crippen LogP contribution in [-0.4, -0.2) is 58.9 Å². The molecular formula is C13H14F2N4O. The molecule has 2 heterocycles. The predicted octanol–water partition coefficient (Wildman–Crippen LogP) is 1.23. The predicted molar refractivity (Wildman–Crippen MR) is 69.4 cm³/mol. The van der Waals surface area contributed by atoms with Crippen LogP contribution < -0.4 is 0 Å². The highest BCUT2D eigenvalue weighted by atomic mass is 19.2. The van der Waals surface area contributed by atoms with E-state index in [4.69, 9.17) is 0 Å². The van der Waals surface area contributed by atoms with E-state index >= 15 is 0 Å². The number of aromatic amines is 1. The van der Waals surface area contributed by atoms with Crippen LogP contribution in [0, 0.1) is 11.6 Å². The number of likely N-dealkylation sites (N-methyl/N-ethyl adjacent to an activating group) is 1. The Hall–Kier alpha value is -2.02. The van der Waals surface area contributed by atoms with Crippen molar-refractivity contribution in [3.05, 3.63) is 29.6 Å². The summed E-state index contributed by atoms with van der Waals surface area (Å²) in [4.78, 5) is 22.9. The second-order valence-electron chi connectivity index (χ2n) is 4.96. The number of H-pyrrole nitrogens is 1. The number of imidazole rings is 1. The molecule has 106 valence electrons. The fraction of sp³-hybridized carbons (Fsp3) is 0.385. The molecule has 0 bridgehead atoms. The maximum atomic E-state index is 13.1. The van der Waals surface area contributed by atoms with Gasteiger partial charge in [0.1, 0.15) is 0 Å². The van der Waals surface area contributed by atoms with E-state index in [1.165, 1.54) is 0 Å². The molecule has 0 aliphatic carbocycles. The van der Waals surface area contributed by atoms with Crippen molar-refractivity contribution in [1.29, 1.82) is 0 Å². The molecular weight excluding hydrogens is 266 g/mol. The lowest BCUT2D eigenvalue weighted by Gasteiger charge is -2.31. The van der Waals surface area contributed by atoms with Gasteiger partial charge in [-0.3, -0.25) is 4.79 Å². The molecule has 1 aliphatic heterocycles. The normalized spacial score (nSPS) is 16.9. The minimum atomic E-state index is -0.970. The number of piperazine rings is 1. The lowest BCUT2D eigenvalue weighted by atomic mass is 10.3. The fourth-order valence-corrected chi connectivity index (χ4v) is 2.27. The summed E-state index contributed by atoms with van der Waals surface area (Å²) in [6, 6.07) is 2.00. The van der Waals surface area contributed by atoms with Crippen molar-refractivity contribution in [3.63, 3.8) is 0 Å². The molecule has 2 aromatic rings. The summed E-state index contributed by atoms with van der Waals surface area (Å²) in [7, 11) is 1.99. The minimum absolute atomic E-state index is 0.120. The van der Waals surface area contributed by atoms with Gasteiger partial charge >= 0.3 is 0 Å². The molecule has 0 radical (unpaired) electrons. The molecule has 0 spiro atoms. The summed E-state index contributed by atoms with van der Waals surface area (Å²) >= 11 is 0. The molecule has 20 heavy (non-hydrogen) atoms. The molecule has 0 saturated carbocycles. The van der Waals surface area contributed by atoms with Gasteiger partial charge in [-0.15, -0.1) is 0 Å². The van der Waals surface area contributed by atoms with Crippen LogP contribution in [-0.2, 0) is 0 Å². The number of benzene rings is 1. The van der Waals surface area contributed by atoms with Crippen LogP contribution in [0.25, 0.3) is 11.0 Å². The molecule has 1 N–H and O–H groups in total. The van der Waals surface area contributed by atoms with E-state index < -0.39 is 11.6 Å². The zero-order valence-corrected chi connectivity index (χ0v) is 11.0. The second-order valence-corrected chi connectivity index (χ2v) is 4.96. The van der Waals surface area contributed by atoms with Crippen molar-refractivity contribution in [2.45, 2.75) is 0 Å². The monoisotopic (exact) mass is 280 g/mol. The Balaban J connectivity index is 1.88. The highest BCUT2D eigenvalue weighted by molar-refractivity contribution is 5.94. The standard InChI is InChI=1S/C13H14F2N4O/c1-18-2-4-19(5-3-18)13(20)12-16-10-6-8(14)9(15)7-11(10)17-12/h6-7H,2-5H2,1H3,(H,16,17). The summed E-state index contributed by atoms with van der Waals surface area (Å²) in [6.45, 7) is 2.84. The Morgan fingerprint density at radius 2 is 1.85 bits per heavy atom. The first-order chi connectivity index (χ1) is 9.54. The maximum absolute atomic E-state index is 13.1. The summed E-state index contributed by atoms with van der Waals surface area (Å²) in [5.74, 6) is -2.05. The molecule has 1 saturated heterocycles. The van der Waals surface area contributed by atoms with Crippen molar-refractivity contribution < 1.29 is 13.6 Å². The number of hydrogen-bond acceptors (Lipinski definition) is 3. The number of aromatic nitrogens is 2. The number of halogens is 2. The van der Waals surface area contributed by atoms with Gasteiger partial charge < -0.3 is 14.8 Å². The highest BCUT2D eigenvalue weighted by Gasteiger charge is 2.23. The lowest BCUT2D eigenvalue weighted by Crippen LogP contribution is -2.47. The Bertz CT molecular complexity index is 623. The SMILES string of the molecule is CN1CCN(C(=O)c2nc3cc(F)c(F)cc3[nH]2)CC1. The van der Waals surface area contributed by atoms with Gasteiger partial charge in [-0.25, -0.2) is 13.8 Å². The third kappa shape index (κ3) is 2.24. The number of rotatable bonds is 1. The number of nitrogens with zero attached hydrogens (tertiary/aromatic N) is 3. The molecule has 3 rings (SSSR count). The summed E-state index contributed by atoms with van der Waals surface area (Å²) in [5, 5.41) is 0. The molecule has 1 aromatic heterocycles. The van der Waals surface area contributed by atoms with Crippen LogP contribution >= 0.6 is 0 Å². The lowest BCUT2D eigenvalue weighted by molar-refractivity contribution is 0.0653. The highest BCUT2D eigenvalue weighted by Crippen LogP contribution is 2.17. The van der Waals surface area contributed by atoms with E-state index in [2.05, 4.69) is 14.9 Å². The van der Waals surface area contributed by atoms with Gasteiger partial charge in [0.15, 0.2) is 17.5 Å². The zero-order valence-electron chi connectivity index (χ0n) is 11.0. The molecule has 0 atom stereocenters. The van der Waals surface area contributed by atoms with Gasteiger partial charge in [-0.2, -0.15) is 0 Å². The molecule has 1 fully saturated rings. The third-order valence-electron chi connectivity index (χ3n) is 3.52. The van der Waals surface area contributed by atoms with E-state index in [-0.39, 0.29) is 17.2 Å². The fourth-order valence-electron chi connectivity index (χ4n) is 2.27. The first-order valence-corrected chi connectivity index (χ1v) is 6.37. The van der Waals surface area contributed by atoms with Crippen LogP contribution in [0.15, 0.2) is 12.1 Å². The number of carbonyl (C=O) groups excluding carboxylic acids is 1. The first kappa shape index (κ1) is 13.0. The van der Waals surface area contributed by atoms with Crippen molar-refractivity contribution in [1.82, 2.24) is 19.8 Å². The van der Waals surface area contributed by atoms with Crippen LogP contribution in [0.1, 0.15) is 10.6 Å².